The van der Waals surface area contributed by atoms with Crippen molar-refractivity contribution in [1.82, 2.24) is 24.9 Å². The van der Waals surface area contributed by atoms with Crippen LogP contribution in [-0.4, -0.2) is 99.8 Å². The Labute approximate surface area is 438 Å². The standard InChI is InChI=1S/C27H29FN4O5.C25H23F4N3O4.C2H6.CH4/c1-16(2)31(13-17-4-6-18(28)7-5-17)22(33)14-32-23(34)27(37-25(32)36)15-26(10-11-26)21-12-19(8-9-20(21)27)30-24(35)29-3;1-14(25(27,28)29)31(11-15-2-4-16(26)5-3-15)20(33)12-32-21(34)24(36-22(32)35)13-23(8-9-23)19-10-17(30)6-7-18(19)24;1-2;/h4-9,12,16H,10-11,13-15H2,1-3H3,(H2,29,30,35);2-7,10,14H,8-9,11-13,30H2,1H3;1-2H3;1H4/t;14-,24?;;/m.0../s1/i;;1D;. The second-order valence-electron chi connectivity index (χ2n) is 20.0. The van der Waals surface area contributed by atoms with E-state index in [0.29, 0.717) is 45.6 Å². The van der Waals surface area contributed by atoms with Gasteiger partial charge in [0, 0.05) is 73.7 Å². The number of nitrogen functional groups attached to an aromatic ring is 1. The van der Waals surface area contributed by atoms with Crippen molar-refractivity contribution in [2.75, 3.05) is 31.2 Å². The van der Waals surface area contributed by atoms with E-state index in [9.17, 15) is 55.5 Å². The molecule has 8 amide bonds. The van der Waals surface area contributed by atoms with Gasteiger partial charge in [-0.1, -0.05) is 57.6 Å². The van der Waals surface area contributed by atoms with E-state index in [0.717, 1.165) is 66.3 Å². The van der Waals surface area contributed by atoms with Crippen LogP contribution in [-0.2, 0) is 63.8 Å². The second kappa shape index (κ2) is 20.9. The smallest absolute Gasteiger partial charge is 0.418 e. The van der Waals surface area contributed by atoms with Gasteiger partial charge in [0.1, 0.15) is 30.8 Å². The summed E-state index contributed by atoms with van der Waals surface area (Å²) >= 11 is 0. The first-order chi connectivity index (χ1) is 35.9. The zero-order valence-electron chi connectivity index (χ0n) is 42.9. The van der Waals surface area contributed by atoms with E-state index < -0.39 is 84.7 Å². The molecule has 0 aromatic heterocycles. The van der Waals surface area contributed by atoms with Crippen LogP contribution in [0.1, 0.15) is 115 Å². The molecule has 2 unspecified atom stereocenters. The van der Waals surface area contributed by atoms with Gasteiger partial charge in [0.15, 0.2) is 0 Å². The van der Waals surface area contributed by atoms with Crippen LogP contribution in [0.2, 0.25) is 0 Å². The molecule has 0 radical (unpaired) electrons. The molecule has 4 aliphatic carbocycles. The minimum Gasteiger partial charge on any atom is -0.427 e. The minimum atomic E-state index is -4.77. The summed E-state index contributed by atoms with van der Waals surface area (Å²) < 4.78 is 84.9. The number of fused-ring (bicyclic) bond motifs is 6. The summed E-state index contributed by atoms with van der Waals surface area (Å²) in [6.07, 6.45) is -2.94. The number of ether oxygens (including phenoxy) is 2. The van der Waals surface area contributed by atoms with Crippen LogP contribution >= 0.6 is 0 Å². The lowest BCUT2D eigenvalue weighted by atomic mass is 9.94. The number of carbonyl (C=O) groups is 7. The molecule has 10 rings (SSSR count). The van der Waals surface area contributed by atoms with Gasteiger partial charge in [-0.05, 0) is 117 Å². The van der Waals surface area contributed by atoms with Gasteiger partial charge in [0.25, 0.3) is 11.8 Å². The van der Waals surface area contributed by atoms with Crippen molar-refractivity contribution in [1.29, 1.82) is 0 Å². The number of anilines is 2. The highest BCUT2D eigenvalue weighted by molar-refractivity contribution is 6.08. The predicted octanol–water partition coefficient (Wildman–Crippen LogP) is 9.28. The van der Waals surface area contributed by atoms with E-state index in [-0.39, 0.29) is 54.7 Å². The number of benzene rings is 4. The molecule has 6 aliphatic rings. The zero-order chi connectivity index (χ0) is 55.3. The number of nitrogens with one attached hydrogen (secondary N) is 2. The van der Waals surface area contributed by atoms with Crippen molar-refractivity contribution < 1.29 is 66.4 Å². The number of alkyl halides is 3. The van der Waals surface area contributed by atoms with E-state index in [2.05, 4.69) is 10.6 Å². The molecule has 4 spiro atoms. The first-order valence-corrected chi connectivity index (χ1v) is 24.4. The third kappa shape index (κ3) is 10.3. The molecule has 2 aliphatic heterocycles. The number of amides is 8. The van der Waals surface area contributed by atoms with E-state index in [4.69, 9.17) is 16.6 Å². The van der Waals surface area contributed by atoms with E-state index >= 15 is 0 Å². The molecule has 76 heavy (non-hydrogen) atoms. The van der Waals surface area contributed by atoms with Crippen LogP contribution in [0.5, 0.6) is 0 Å². The van der Waals surface area contributed by atoms with Crippen molar-refractivity contribution in [3.8, 4) is 0 Å². The SMILES string of the molecule is C.CNC(=O)Nc1ccc2c(c1)C1(CC1)CC21OC(=O)N(CC(=O)N(Cc2ccc(F)cc2)C(C)C)C1=O.C[C@H](N(Cc1ccc(F)cc1)C(=O)CN1C(=O)OC2(CC3(CC3)c3cc(N)ccc32)C1=O)C(F)(F)F.[2H]CC. The molecule has 4 aromatic carbocycles. The molecule has 16 nitrogen and oxygen atoms in total. The molecular formula is C55H62F5N7O9. The Morgan fingerprint density at radius 3 is 1.54 bits per heavy atom. The number of rotatable bonds is 11. The van der Waals surface area contributed by atoms with Gasteiger partial charge in [-0.3, -0.25) is 19.2 Å². The predicted molar refractivity (Wildman–Crippen MR) is 269 cm³/mol. The van der Waals surface area contributed by atoms with Crippen LogP contribution in [0.3, 0.4) is 0 Å². The lowest BCUT2D eigenvalue weighted by molar-refractivity contribution is -0.187. The van der Waals surface area contributed by atoms with Crippen molar-refractivity contribution in [2.45, 2.75) is 134 Å². The van der Waals surface area contributed by atoms with E-state index in [1.54, 1.807) is 54.3 Å². The van der Waals surface area contributed by atoms with Crippen LogP contribution in [0.25, 0.3) is 0 Å². The minimum absolute atomic E-state index is 0. The van der Waals surface area contributed by atoms with Crippen molar-refractivity contribution in [3.05, 3.63) is 130 Å². The van der Waals surface area contributed by atoms with Crippen molar-refractivity contribution in [3.63, 3.8) is 0 Å². The average molecular weight is 1060 g/mol. The molecule has 2 saturated carbocycles. The highest BCUT2D eigenvalue weighted by atomic mass is 19.4. The maximum Gasteiger partial charge on any atom is 0.418 e. The maximum atomic E-state index is 13.7. The highest BCUT2D eigenvalue weighted by Crippen LogP contribution is 2.66. The Balaban J connectivity index is 0.000000210. The molecule has 4 N–H and O–H groups in total. The van der Waals surface area contributed by atoms with Crippen molar-refractivity contribution >= 4 is 53.2 Å². The van der Waals surface area contributed by atoms with Crippen LogP contribution in [0.4, 0.5) is 47.7 Å². The number of halogens is 5. The first kappa shape index (κ1) is 54.7. The number of imide groups is 2. The van der Waals surface area contributed by atoms with Gasteiger partial charge >= 0.3 is 24.4 Å². The summed E-state index contributed by atoms with van der Waals surface area (Å²) in [6, 6.07) is 17.9. The van der Waals surface area contributed by atoms with Crippen LogP contribution in [0.15, 0.2) is 84.9 Å². The molecular weight excluding hydrogens is 998 g/mol. The molecule has 4 fully saturated rings. The third-order valence-electron chi connectivity index (χ3n) is 14.9. The van der Waals surface area contributed by atoms with Gasteiger partial charge in [-0.2, -0.15) is 13.2 Å². The normalized spacial score (nSPS) is 21.1. The number of carbonyl (C=O) groups excluding carboxylic acids is 7. The summed E-state index contributed by atoms with van der Waals surface area (Å²) in [5, 5.41) is 5.25. The fourth-order valence-electron chi connectivity index (χ4n) is 10.6. The second-order valence-corrected chi connectivity index (χ2v) is 20.0. The number of hydrogen-bond donors (Lipinski definition) is 3. The van der Waals surface area contributed by atoms with E-state index in [1.165, 1.54) is 31.3 Å². The fraction of sp³-hybridized carbons (Fsp3) is 0.436. The van der Waals surface area contributed by atoms with Gasteiger partial charge in [0.05, 0.1) is 0 Å². The van der Waals surface area contributed by atoms with Crippen LogP contribution < -0.4 is 16.4 Å². The van der Waals surface area contributed by atoms with Gasteiger partial charge in [0.2, 0.25) is 23.0 Å². The van der Waals surface area contributed by atoms with Gasteiger partial charge in [-0.15, -0.1) is 0 Å². The third-order valence-corrected chi connectivity index (χ3v) is 14.9. The monoisotopic (exact) mass is 1060 g/mol. The molecule has 3 atom stereocenters. The molecule has 2 heterocycles. The highest BCUT2D eigenvalue weighted by Gasteiger charge is 2.69. The zero-order valence-corrected chi connectivity index (χ0v) is 41.9. The van der Waals surface area contributed by atoms with E-state index in [1.807, 2.05) is 19.9 Å². The number of hydrogen-bond acceptors (Lipinski definition) is 10. The quantitative estimate of drug-likeness (QED) is 0.0960. The Kier molecular flexibility index (Phi) is 15.0. The molecule has 4 aromatic rings. The van der Waals surface area contributed by atoms with Crippen LogP contribution in [0, 0.1) is 11.6 Å². The number of nitrogens with two attached hydrogens (primary N) is 1. The Morgan fingerprint density at radius 1 is 0.697 bits per heavy atom. The lowest BCUT2D eigenvalue weighted by Crippen LogP contribution is -2.51. The number of nitrogens with zero attached hydrogens (tertiary/aromatic N) is 4. The maximum absolute atomic E-state index is 13.7. The van der Waals surface area contributed by atoms with Gasteiger partial charge < -0.3 is 35.6 Å². The molecule has 21 heteroatoms. The van der Waals surface area contributed by atoms with Gasteiger partial charge in [-0.25, -0.2) is 33.0 Å². The topological polar surface area (TPSA) is 201 Å². The largest absolute Gasteiger partial charge is 0.427 e. The Hall–Kier alpha value is -7.58. The van der Waals surface area contributed by atoms with Crippen molar-refractivity contribution in [2.24, 2.45) is 0 Å². The molecule has 2 saturated heterocycles. The summed E-state index contributed by atoms with van der Waals surface area (Å²) in [6.45, 7) is 5.12. The average Bonchev–Trinajstić information content (AvgIpc) is 4.34. The molecule has 406 valence electrons. The fourth-order valence-corrected chi connectivity index (χ4v) is 10.6. The first-order valence-electron chi connectivity index (χ1n) is 25.1. The number of urea groups is 1. The summed E-state index contributed by atoms with van der Waals surface area (Å²) in [5.41, 5.74) is 7.05. The summed E-state index contributed by atoms with van der Waals surface area (Å²) in [5.74, 6) is -3.79. The Bertz CT molecular complexity index is 2970. The Morgan fingerprint density at radius 2 is 1.12 bits per heavy atom. The summed E-state index contributed by atoms with van der Waals surface area (Å²) in [7, 11) is 1.52. The summed E-state index contributed by atoms with van der Waals surface area (Å²) in [4.78, 5) is 94.7. The lowest BCUT2D eigenvalue weighted by Gasteiger charge is -2.31. The molecule has 0 bridgehead atoms.